The molecule has 0 fully saturated rings. The van der Waals surface area contributed by atoms with Crippen molar-refractivity contribution in [3.63, 3.8) is 0 Å². The van der Waals surface area contributed by atoms with Crippen LogP contribution in [-0.2, 0) is 35.0 Å². The molecule has 5 rings (SSSR count). The van der Waals surface area contributed by atoms with Gasteiger partial charge in [-0.15, -0.1) is 0 Å². The number of anilines is 1. The normalized spacial score (nSPS) is 17.0. The molecule has 0 saturated carbocycles. The number of pyridine rings is 1. The van der Waals surface area contributed by atoms with Crippen LogP contribution in [0.4, 0.5) is 5.82 Å². The highest BCUT2D eigenvalue weighted by Gasteiger charge is 2.44. The maximum atomic E-state index is 13.0. The molecule has 3 aromatic rings. The quantitative estimate of drug-likeness (QED) is 0.634. The standard InChI is InChI=1S/C26H28N4O2/c1-4-26(5-2)20-14-17(15-27-24(20)28-25(26)32)10-11-23(31)30-13-12-22-19(16-30)18-8-6-7-9-21(18)29(22)3/h6-11,14-15H,4-5,12-13,16H2,1-3H3,(H,27,28,32). The molecule has 0 atom stereocenters. The molecule has 2 aliphatic heterocycles. The molecule has 0 aliphatic carbocycles. The zero-order valence-electron chi connectivity index (χ0n) is 18.8. The fraction of sp³-hybridized carbons (Fsp3) is 0.346. The highest BCUT2D eigenvalue weighted by molar-refractivity contribution is 6.05. The van der Waals surface area contributed by atoms with Crippen molar-refractivity contribution in [2.24, 2.45) is 7.05 Å². The number of carbonyl (C=O) groups excluding carboxylic acids is 2. The van der Waals surface area contributed by atoms with Gasteiger partial charge in [0.05, 0.1) is 5.41 Å². The molecular weight excluding hydrogens is 400 g/mol. The zero-order valence-corrected chi connectivity index (χ0v) is 18.8. The van der Waals surface area contributed by atoms with Crippen LogP contribution in [0, 0.1) is 0 Å². The van der Waals surface area contributed by atoms with E-state index in [2.05, 4.69) is 46.2 Å². The minimum absolute atomic E-state index is 0.00414. The Morgan fingerprint density at radius 1 is 1.25 bits per heavy atom. The van der Waals surface area contributed by atoms with Gasteiger partial charge in [-0.2, -0.15) is 0 Å². The number of fused-ring (bicyclic) bond motifs is 4. The Bertz CT molecular complexity index is 1270. The lowest BCUT2D eigenvalue weighted by Gasteiger charge is -2.27. The number of benzene rings is 1. The van der Waals surface area contributed by atoms with Crippen molar-refractivity contribution in [1.82, 2.24) is 14.5 Å². The predicted octanol–water partition coefficient (Wildman–Crippen LogP) is 4.18. The van der Waals surface area contributed by atoms with Gasteiger partial charge >= 0.3 is 0 Å². The van der Waals surface area contributed by atoms with E-state index >= 15 is 0 Å². The van der Waals surface area contributed by atoms with Gasteiger partial charge in [-0.05, 0) is 36.6 Å². The van der Waals surface area contributed by atoms with Crippen LogP contribution in [0.2, 0.25) is 0 Å². The number of amides is 2. The summed E-state index contributed by atoms with van der Waals surface area (Å²) in [5, 5.41) is 4.13. The molecule has 164 valence electrons. The number of hydrogen-bond acceptors (Lipinski definition) is 3. The fourth-order valence-electron chi connectivity index (χ4n) is 5.33. The number of carbonyl (C=O) groups is 2. The van der Waals surface area contributed by atoms with Crippen molar-refractivity contribution >= 4 is 34.6 Å². The first-order chi connectivity index (χ1) is 15.5. The average Bonchev–Trinajstić information content (AvgIpc) is 3.27. The number of para-hydroxylation sites is 1. The van der Waals surface area contributed by atoms with E-state index in [0.29, 0.717) is 18.9 Å². The molecule has 2 aliphatic rings. The Morgan fingerprint density at radius 3 is 2.81 bits per heavy atom. The molecule has 32 heavy (non-hydrogen) atoms. The second-order valence-corrected chi connectivity index (χ2v) is 8.75. The number of aromatic nitrogens is 2. The van der Waals surface area contributed by atoms with Crippen molar-refractivity contribution in [3.8, 4) is 0 Å². The van der Waals surface area contributed by atoms with Gasteiger partial charge in [0.2, 0.25) is 11.8 Å². The summed E-state index contributed by atoms with van der Waals surface area (Å²) in [6.07, 6.45) is 7.44. The van der Waals surface area contributed by atoms with Gasteiger partial charge in [-0.3, -0.25) is 9.59 Å². The second-order valence-electron chi connectivity index (χ2n) is 8.75. The van der Waals surface area contributed by atoms with Crippen molar-refractivity contribution in [1.29, 1.82) is 0 Å². The molecule has 0 unspecified atom stereocenters. The van der Waals surface area contributed by atoms with E-state index in [0.717, 1.165) is 30.4 Å². The minimum atomic E-state index is -0.534. The topological polar surface area (TPSA) is 67.2 Å². The second kappa shape index (κ2) is 7.62. The third-order valence-corrected chi connectivity index (χ3v) is 7.34. The van der Waals surface area contributed by atoms with Gasteiger partial charge in [0.25, 0.3) is 0 Å². The number of nitrogens with one attached hydrogen (secondary N) is 1. The molecule has 0 saturated heterocycles. The fourth-order valence-corrected chi connectivity index (χ4v) is 5.33. The summed E-state index contributed by atoms with van der Waals surface area (Å²) in [5.41, 5.74) is 5.01. The van der Waals surface area contributed by atoms with Crippen molar-refractivity contribution < 1.29 is 9.59 Å². The van der Waals surface area contributed by atoms with E-state index in [1.54, 1.807) is 12.3 Å². The lowest BCUT2D eigenvalue weighted by atomic mass is 9.77. The lowest BCUT2D eigenvalue weighted by Crippen LogP contribution is -2.35. The average molecular weight is 429 g/mol. The van der Waals surface area contributed by atoms with Gasteiger partial charge < -0.3 is 14.8 Å². The zero-order chi connectivity index (χ0) is 22.5. The summed E-state index contributed by atoms with van der Waals surface area (Å²) in [6, 6.07) is 10.4. The highest BCUT2D eigenvalue weighted by atomic mass is 16.2. The summed E-state index contributed by atoms with van der Waals surface area (Å²) in [6.45, 7) is 5.38. The molecule has 0 bridgehead atoms. The van der Waals surface area contributed by atoms with Gasteiger partial charge in [0, 0.05) is 66.6 Å². The van der Waals surface area contributed by atoms with Crippen LogP contribution >= 0.6 is 0 Å². The molecule has 2 aromatic heterocycles. The molecule has 2 amide bonds. The summed E-state index contributed by atoms with van der Waals surface area (Å²) in [7, 11) is 2.10. The number of rotatable bonds is 4. The molecule has 6 nitrogen and oxygen atoms in total. The van der Waals surface area contributed by atoms with E-state index in [1.165, 1.54) is 22.2 Å². The summed E-state index contributed by atoms with van der Waals surface area (Å²) in [4.78, 5) is 31.9. The Hall–Kier alpha value is -3.41. The maximum Gasteiger partial charge on any atom is 0.246 e. The van der Waals surface area contributed by atoms with Crippen molar-refractivity contribution in [3.05, 3.63) is 65.0 Å². The maximum absolute atomic E-state index is 13.0. The predicted molar refractivity (Wildman–Crippen MR) is 126 cm³/mol. The summed E-state index contributed by atoms with van der Waals surface area (Å²) in [5.74, 6) is 0.652. The largest absolute Gasteiger partial charge is 0.347 e. The van der Waals surface area contributed by atoms with Crippen LogP contribution in [-0.4, -0.2) is 32.8 Å². The Balaban J connectivity index is 1.38. The van der Waals surface area contributed by atoms with Crippen LogP contribution in [0.25, 0.3) is 17.0 Å². The Morgan fingerprint density at radius 2 is 2.03 bits per heavy atom. The van der Waals surface area contributed by atoms with E-state index < -0.39 is 5.41 Å². The third-order valence-electron chi connectivity index (χ3n) is 7.34. The first-order valence-corrected chi connectivity index (χ1v) is 11.3. The third kappa shape index (κ3) is 2.97. The summed E-state index contributed by atoms with van der Waals surface area (Å²) < 4.78 is 2.25. The van der Waals surface area contributed by atoms with Gasteiger partial charge in [-0.1, -0.05) is 32.0 Å². The number of nitrogens with zero attached hydrogens (tertiary/aromatic N) is 3. The molecule has 6 heteroatoms. The smallest absolute Gasteiger partial charge is 0.246 e. The SMILES string of the molecule is CCC1(CC)C(=O)Nc2ncc(C=CC(=O)N3CCc4c(c5ccccc5n4C)C3)cc21. The van der Waals surface area contributed by atoms with E-state index in [1.807, 2.05) is 30.9 Å². The van der Waals surface area contributed by atoms with E-state index in [4.69, 9.17) is 0 Å². The van der Waals surface area contributed by atoms with Crippen LogP contribution in [0.1, 0.15) is 49.1 Å². The molecular formula is C26H28N4O2. The van der Waals surface area contributed by atoms with Crippen LogP contribution < -0.4 is 5.32 Å². The minimum Gasteiger partial charge on any atom is -0.347 e. The van der Waals surface area contributed by atoms with Gasteiger partial charge in [0.15, 0.2) is 0 Å². The molecule has 4 heterocycles. The van der Waals surface area contributed by atoms with Gasteiger partial charge in [-0.25, -0.2) is 4.98 Å². The Labute approximate surface area is 187 Å². The van der Waals surface area contributed by atoms with Crippen molar-refractivity contribution in [2.45, 2.75) is 45.1 Å². The van der Waals surface area contributed by atoms with E-state index in [9.17, 15) is 9.59 Å². The first kappa shape index (κ1) is 20.5. The van der Waals surface area contributed by atoms with Crippen LogP contribution in [0.5, 0.6) is 0 Å². The summed E-state index contributed by atoms with van der Waals surface area (Å²) >= 11 is 0. The van der Waals surface area contributed by atoms with Crippen LogP contribution in [0.3, 0.4) is 0 Å². The monoisotopic (exact) mass is 428 g/mol. The highest BCUT2D eigenvalue weighted by Crippen LogP contribution is 2.42. The van der Waals surface area contributed by atoms with Crippen molar-refractivity contribution in [2.75, 3.05) is 11.9 Å². The molecule has 1 N–H and O–H groups in total. The molecule has 0 radical (unpaired) electrons. The molecule has 1 aromatic carbocycles. The first-order valence-electron chi connectivity index (χ1n) is 11.3. The van der Waals surface area contributed by atoms with Gasteiger partial charge in [0.1, 0.15) is 5.82 Å². The number of aryl methyl sites for hydroxylation is 1. The Kier molecular flexibility index (Phi) is 4.88. The van der Waals surface area contributed by atoms with E-state index in [-0.39, 0.29) is 11.8 Å². The van der Waals surface area contributed by atoms with Crippen LogP contribution in [0.15, 0.2) is 42.6 Å². The lowest BCUT2D eigenvalue weighted by molar-refractivity contribution is -0.126. The molecule has 0 spiro atoms. The number of hydrogen-bond donors (Lipinski definition) is 1.